The maximum absolute atomic E-state index is 12.1. The fraction of sp³-hybridized carbons (Fsp3) is 0.542. The van der Waals surface area contributed by atoms with Gasteiger partial charge in [-0.2, -0.15) is 4.98 Å². The molecule has 1 atom stereocenters. The van der Waals surface area contributed by atoms with Gasteiger partial charge in [-0.05, 0) is 58.5 Å². The zero-order chi connectivity index (χ0) is 24.3. The molecular formula is C24H34ClN7O2. The van der Waals surface area contributed by atoms with Crippen LogP contribution in [-0.2, 0) is 4.74 Å². The van der Waals surface area contributed by atoms with Gasteiger partial charge in [-0.25, -0.2) is 9.78 Å². The first-order valence-corrected chi connectivity index (χ1v) is 12.1. The Morgan fingerprint density at radius 1 is 1.09 bits per heavy atom. The lowest BCUT2D eigenvalue weighted by molar-refractivity contribution is 0.0509. The summed E-state index contributed by atoms with van der Waals surface area (Å²) in [6.07, 6.45) is 1.99. The van der Waals surface area contributed by atoms with Crippen LogP contribution in [0.5, 0.6) is 0 Å². The molecule has 0 radical (unpaired) electrons. The maximum atomic E-state index is 12.1. The molecule has 4 rings (SSSR count). The van der Waals surface area contributed by atoms with Gasteiger partial charge in [-0.1, -0.05) is 11.6 Å². The van der Waals surface area contributed by atoms with E-state index >= 15 is 0 Å². The van der Waals surface area contributed by atoms with Crippen molar-refractivity contribution in [2.24, 2.45) is 0 Å². The van der Waals surface area contributed by atoms with E-state index in [2.05, 4.69) is 54.5 Å². The van der Waals surface area contributed by atoms with E-state index < -0.39 is 11.7 Å². The van der Waals surface area contributed by atoms with Gasteiger partial charge in [-0.3, -0.25) is 0 Å². The van der Waals surface area contributed by atoms with Crippen molar-refractivity contribution in [3.05, 3.63) is 35.5 Å². The normalized spacial score (nSPS) is 19.3. The van der Waals surface area contributed by atoms with E-state index in [9.17, 15) is 4.79 Å². The quantitative estimate of drug-likeness (QED) is 0.659. The molecule has 0 saturated carbocycles. The molecule has 2 saturated heterocycles. The van der Waals surface area contributed by atoms with Gasteiger partial charge in [0.1, 0.15) is 10.6 Å². The van der Waals surface area contributed by atoms with Crippen LogP contribution in [-0.4, -0.2) is 78.9 Å². The molecule has 0 bridgehead atoms. The van der Waals surface area contributed by atoms with Crippen LogP contribution in [0.25, 0.3) is 0 Å². The Morgan fingerprint density at radius 3 is 2.47 bits per heavy atom. The smallest absolute Gasteiger partial charge is 0.407 e. The molecule has 1 aromatic carbocycles. The third kappa shape index (κ3) is 6.42. The van der Waals surface area contributed by atoms with Crippen LogP contribution in [0.2, 0.25) is 5.02 Å². The number of alkyl carbamates (subject to hydrolysis) is 1. The minimum Gasteiger partial charge on any atom is -0.444 e. The van der Waals surface area contributed by atoms with Gasteiger partial charge < -0.3 is 30.1 Å². The fourth-order valence-corrected chi connectivity index (χ4v) is 4.34. The van der Waals surface area contributed by atoms with Gasteiger partial charge in [-0.15, -0.1) is 0 Å². The van der Waals surface area contributed by atoms with Crippen molar-refractivity contribution < 1.29 is 9.53 Å². The van der Waals surface area contributed by atoms with E-state index in [1.54, 1.807) is 6.20 Å². The molecule has 1 amide bonds. The molecule has 10 heteroatoms. The number of aromatic nitrogens is 2. The minimum absolute atomic E-state index is 0.0283. The van der Waals surface area contributed by atoms with Crippen LogP contribution in [0.4, 0.5) is 27.9 Å². The van der Waals surface area contributed by atoms with Crippen molar-refractivity contribution in [2.75, 3.05) is 61.4 Å². The number of benzene rings is 1. The number of likely N-dealkylation sites (N-methyl/N-ethyl adjacent to an activating group) is 1. The summed E-state index contributed by atoms with van der Waals surface area (Å²) in [5, 5.41) is 6.69. The number of anilines is 4. The fourth-order valence-electron chi connectivity index (χ4n) is 4.13. The predicted octanol–water partition coefficient (Wildman–Crippen LogP) is 3.73. The summed E-state index contributed by atoms with van der Waals surface area (Å²) in [7, 11) is 2.16. The topological polar surface area (TPSA) is 85.9 Å². The molecule has 2 N–H and O–H groups in total. The molecule has 1 aromatic heterocycles. The molecule has 184 valence electrons. The van der Waals surface area contributed by atoms with E-state index in [1.807, 2.05) is 32.9 Å². The molecule has 2 aliphatic heterocycles. The minimum atomic E-state index is -0.526. The average molecular weight is 488 g/mol. The number of carbonyl (C=O) groups excluding carboxylic acids is 1. The highest BCUT2D eigenvalue weighted by Gasteiger charge is 2.28. The Kier molecular flexibility index (Phi) is 7.33. The van der Waals surface area contributed by atoms with Gasteiger partial charge in [0.15, 0.2) is 5.82 Å². The number of amides is 1. The summed E-state index contributed by atoms with van der Waals surface area (Å²) in [5.74, 6) is 1.14. The van der Waals surface area contributed by atoms with Gasteiger partial charge in [0.25, 0.3) is 0 Å². The van der Waals surface area contributed by atoms with E-state index in [1.165, 1.54) is 5.69 Å². The lowest BCUT2D eigenvalue weighted by atomic mass is 10.2. The number of carbonyl (C=O) groups is 1. The Morgan fingerprint density at radius 2 is 1.79 bits per heavy atom. The summed E-state index contributed by atoms with van der Waals surface area (Å²) in [6, 6.07) is 8.30. The van der Waals surface area contributed by atoms with Crippen LogP contribution in [0, 0.1) is 0 Å². The van der Waals surface area contributed by atoms with Crippen LogP contribution < -0.4 is 20.4 Å². The molecule has 0 spiro atoms. The number of piperazine rings is 1. The first-order chi connectivity index (χ1) is 16.2. The molecule has 0 unspecified atom stereocenters. The van der Waals surface area contributed by atoms with E-state index in [4.69, 9.17) is 16.3 Å². The monoisotopic (exact) mass is 487 g/mol. The molecular weight excluding hydrogens is 454 g/mol. The Hall–Kier alpha value is -2.78. The van der Waals surface area contributed by atoms with E-state index in [0.29, 0.717) is 23.3 Å². The van der Waals surface area contributed by atoms with E-state index in [-0.39, 0.29) is 6.04 Å². The standard InChI is InChI=1S/C24H34ClN7O2/c1-24(2,3)34-23(33)28-18-9-10-32(16-18)21-20(25)15-26-22(29-21)27-17-5-7-19(8-6-17)31-13-11-30(4)12-14-31/h5-8,15,18H,9-14,16H2,1-4H3,(H,28,33)(H,26,27,29)/t18-/m1/s1. The van der Waals surface area contributed by atoms with Crippen LogP contribution >= 0.6 is 11.6 Å². The maximum Gasteiger partial charge on any atom is 0.407 e. The van der Waals surface area contributed by atoms with Gasteiger partial charge in [0, 0.05) is 50.6 Å². The summed E-state index contributed by atoms with van der Waals surface area (Å²) in [4.78, 5) is 27.9. The number of nitrogens with one attached hydrogen (secondary N) is 2. The van der Waals surface area contributed by atoms with Crippen molar-refractivity contribution in [2.45, 2.75) is 38.8 Å². The highest BCUT2D eigenvalue weighted by atomic mass is 35.5. The van der Waals surface area contributed by atoms with Crippen molar-refractivity contribution in [1.29, 1.82) is 0 Å². The predicted molar refractivity (Wildman–Crippen MR) is 136 cm³/mol. The van der Waals surface area contributed by atoms with Crippen molar-refractivity contribution in [3.8, 4) is 0 Å². The van der Waals surface area contributed by atoms with Crippen LogP contribution in [0.15, 0.2) is 30.5 Å². The largest absolute Gasteiger partial charge is 0.444 e. The Balaban J connectivity index is 1.36. The first-order valence-electron chi connectivity index (χ1n) is 11.7. The highest BCUT2D eigenvalue weighted by Crippen LogP contribution is 2.28. The summed E-state index contributed by atoms with van der Waals surface area (Å²) in [6.45, 7) is 11.1. The molecule has 9 nitrogen and oxygen atoms in total. The molecule has 34 heavy (non-hydrogen) atoms. The number of hydrogen-bond donors (Lipinski definition) is 2. The second-order valence-electron chi connectivity index (χ2n) is 9.91. The second kappa shape index (κ2) is 10.2. The lowest BCUT2D eigenvalue weighted by Gasteiger charge is -2.34. The first kappa shape index (κ1) is 24.3. The molecule has 2 aliphatic rings. The van der Waals surface area contributed by atoms with Crippen LogP contribution in [0.3, 0.4) is 0 Å². The third-order valence-electron chi connectivity index (χ3n) is 5.93. The SMILES string of the molecule is CN1CCN(c2ccc(Nc3ncc(Cl)c(N4CC[C@@H](NC(=O)OC(C)(C)C)C4)n3)cc2)CC1. The van der Waals surface area contributed by atoms with Gasteiger partial charge >= 0.3 is 6.09 Å². The zero-order valence-corrected chi connectivity index (χ0v) is 21.1. The van der Waals surface area contributed by atoms with Crippen molar-refractivity contribution in [1.82, 2.24) is 20.2 Å². The lowest BCUT2D eigenvalue weighted by Crippen LogP contribution is -2.44. The number of ether oxygens (including phenoxy) is 1. The number of halogens is 1. The van der Waals surface area contributed by atoms with Crippen molar-refractivity contribution >= 4 is 40.8 Å². The third-order valence-corrected chi connectivity index (χ3v) is 6.19. The zero-order valence-electron chi connectivity index (χ0n) is 20.3. The molecule has 2 fully saturated rings. The Bertz CT molecular complexity index is 988. The Labute approximate surface area is 206 Å². The van der Waals surface area contributed by atoms with E-state index in [0.717, 1.165) is 44.8 Å². The average Bonchev–Trinajstić information content (AvgIpc) is 3.23. The molecule has 3 heterocycles. The highest BCUT2D eigenvalue weighted by molar-refractivity contribution is 6.32. The van der Waals surface area contributed by atoms with Gasteiger partial charge in [0.05, 0.1) is 12.2 Å². The number of hydrogen-bond acceptors (Lipinski definition) is 8. The molecule has 2 aromatic rings. The summed E-state index contributed by atoms with van der Waals surface area (Å²) in [5.41, 5.74) is 1.61. The summed E-state index contributed by atoms with van der Waals surface area (Å²) >= 11 is 6.42. The van der Waals surface area contributed by atoms with Crippen LogP contribution in [0.1, 0.15) is 27.2 Å². The second-order valence-corrected chi connectivity index (χ2v) is 10.3. The van der Waals surface area contributed by atoms with Crippen molar-refractivity contribution in [3.63, 3.8) is 0 Å². The number of nitrogens with zero attached hydrogens (tertiary/aromatic N) is 5. The number of rotatable bonds is 5. The van der Waals surface area contributed by atoms with Gasteiger partial charge in [0.2, 0.25) is 5.95 Å². The molecule has 0 aliphatic carbocycles. The summed E-state index contributed by atoms with van der Waals surface area (Å²) < 4.78 is 5.37.